The number of nitrogens with zero attached hydrogens (tertiary/aromatic N) is 5. The molecule has 3 aromatic heterocycles. The number of carbonyl (C=O) groups is 1. The average Bonchev–Trinajstić information content (AvgIpc) is 3.08. The van der Waals surface area contributed by atoms with E-state index in [0.717, 1.165) is 12.3 Å². The highest BCUT2D eigenvalue weighted by Gasteiger charge is 2.33. The van der Waals surface area contributed by atoms with Crippen LogP contribution < -0.4 is 4.90 Å². The molecule has 4 heterocycles. The molecule has 9 heteroatoms. The standard InChI is InChI=1S/C17H12F3N5O/c18-17(19,20)11-3-4-15(22-8-11)24-7-5-14-13(16(24)26)10-25(23-14)12-2-1-6-21-9-12/h1-4,6,8-10H,5,7H2. The second kappa shape index (κ2) is 5.94. The van der Waals surface area contributed by atoms with Crippen molar-refractivity contribution in [3.05, 3.63) is 65.9 Å². The fourth-order valence-electron chi connectivity index (χ4n) is 2.79. The molecule has 0 N–H and O–H groups in total. The Balaban J connectivity index is 1.63. The maximum absolute atomic E-state index is 12.7. The SMILES string of the molecule is O=C1c2cn(-c3cccnc3)nc2CCN1c1ccc(C(F)(F)F)cn1. The van der Waals surface area contributed by atoms with Gasteiger partial charge in [0.2, 0.25) is 0 Å². The first-order valence-electron chi connectivity index (χ1n) is 7.77. The molecule has 6 nitrogen and oxygen atoms in total. The fourth-order valence-corrected chi connectivity index (χ4v) is 2.79. The van der Waals surface area contributed by atoms with Crippen molar-refractivity contribution in [3.8, 4) is 5.69 Å². The predicted molar refractivity (Wildman–Crippen MR) is 86.0 cm³/mol. The highest BCUT2D eigenvalue weighted by Crippen LogP contribution is 2.30. The van der Waals surface area contributed by atoms with Crippen LogP contribution in [0.3, 0.4) is 0 Å². The molecule has 0 atom stereocenters. The van der Waals surface area contributed by atoms with E-state index >= 15 is 0 Å². The van der Waals surface area contributed by atoms with Gasteiger partial charge in [-0.3, -0.25) is 14.7 Å². The number of alkyl halides is 3. The van der Waals surface area contributed by atoms with Gasteiger partial charge in [0.1, 0.15) is 5.82 Å². The van der Waals surface area contributed by atoms with Crippen LogP contribution in [0.5, 0.6) is 0 Å². The molecule has 0 unspecified atom stereocenters. The zero-order valence-electron chi connectivity index (χ0n) is 13.3. The number of carbonyl (C=O) groups excluding carboxylic acids is 1. The number of hydrogen-bond donors (Lipinski definition) is 0. The Morgan fingerprint density at radius 3 is 2.62 bits per heavy atom. The highest BCUT2D eigenvalue weighted by atomic mass is 19.4. The van der Waals surface area contributed by atoms with E-state index in [4.69, 9.17) is 0 Å². The molecule has 1 aliphatic heterocycles. The molecule has 0 bridgehead atoms. The summed E-state index contributed by atoms with van der Waals surface area (Å²) in [5, 5.41) is 4.41. The van der Waals surface area contributed by atoms with Crippen LogP contribution in [0.1, 0.15) is 21.6 Å². The maximum Gasteiger partial charge on any atom is 0.417 e. The van der Waals surface area contributed by atoms with Gasteiger partial charge in [-0.2, -0.15) is 18.3 Å². The van der Waals surface area contributed by atoms with Crippen LogP contribution in [-0.4, -0.2) is 32.2 Å². The number of hydrogen-bond acceptors (Lipinski definition) is 4. The van der Waals surface area contributed by atoms with E-state index in [2.05, 4.69) is 15.1 Å². The molecular weight excluding hydrogens is 347 g/mol. The number of aromatic nitrogens is 4. The van der Waals surface area contributed by atoms with Crippen molar-refractivity contribution in [2.75, 3.05) is 11.4 Å². The van der Waals surface area contributed by atoms with E-state index in [0.29, 0.717) is 29.9 Å². The van der Waals surface area contributed by atoms with Gasteiger partial charge in [-0.25, -0.2) is 9.67 Å². The van der Waals surface area contributed by atoms with Gasteiger partial charge in [0.05, 0.1) is 28.7 Å². The van der Waals surface area contributed by atoms with Gasteiger partial charge in [0.15, 0.2) is 0 Å². The summed E-state index contributed by atoms with van der Waals surface area (Å²) in [7, 11) is 0. The normalized spacial score (nSPS) is 14.4. The van der Waals surface area contributed by atoms with Crippen molar-refractivity contribution in [2.45, 2.75) is 12.6 Å². The molecule has 0 spiro atoms. The van der Waals surface area contributed by atoms with Crippen LogP contribution in [0.15, 0.2) is 49.1 Å². The molecule has 3 aromatic rings. The van der Waals surface area contributed by atoms with Gasteiger partial charge < -0.3 is 0 Å². The molecule has 1 aliphatic rings. The first-order valence-corrected chi connectivity index (χ1v) is 7.77. The van der Waals surface area contributed by atoms with Crippen molar-refractivity contribution in [1.82, 2.24) is 19.7 Å². The fraction of sp³-hybridized carbons (Fsp3) is 0.176. The first kappa shape index (κ1) is 16.2. The first-order chi connectivity index (χ1) is 12.4. The third-order valence-corrected chi connectivity index (χ3v) is 4.10. The number of rotatable bonds is 2. The Hall–Kier alpha value is -3.23. The summed E-state index contributed by atoms with van der Waals surface area (Å²) >= 11 is 0. The summed E-state index contributed by atoms with van der Waals surface area (Å²) in [6.45, 7) is 0.300. The second-order valence-corrected chi connectivity index (χ2v) is 5.75. The van der Waals surface area contributed by atoms with Crippen LogP contribution in [-0.2, 0) is 12.6 Å². The molecule has 0 fully saturated rings. The zero-order chi connectivity index (χ0) is 18.3. The number of fused-ring (bicyclic) bond motifs is 1. The van der Waals surface area contributed by atoms with Gasteiger partial charge in [-0.1, -0.05) is 0 Å². The Bertz CT molecular complexity index is 951. The highest BCUT2D eigenvalue weighted by molar-refractivity contribution is 6.07. The minimum absolute atomic E-state index is 0.183. The Kier molecular flexibility index (Phi) is 3.71. The molecule has 0 saturated heterocycles. The van der Waals surface area contributed by atoms with Crippen molar-refractivity contribution >= 4 is 11.7 Å². The van der Waals surface area contributed by atoms with Crippen LogP contribution >= 0.6 is 0 Å². The summed E-state index contributed by atoms with van der Waals surface area (Å²) in [5.74, 6) is -0.156. The van der Waals surface area contributed by atoms with Gasteiger partial charge >= 0.3 is 6.18 Å². The molecule has 0 aliphatic carbocycles. The lowest BCUT2D eigenvalue weighted by atomic mass is 10.1. The minimum atomic E-state index is -4.46. The molecule has 26 heavy (non-hydrogen) atoms. The van der Waals surface area contributed by atoms with E-state index in [1.807, 2.05) is 6.07 Å². The molecular formula is C17H12F3N5O. The van der Waals surface area contributed by atoms with Crippen LogP contribution in [0, 0.1) is 0 Å². The molecule has 0 radical (unpaired) electrons. The van der Waals surface area contributed by atoms with Gasteiger partial charge in [0, 0.05) is 31.6 Å². The topological polar surface area (TPSA) is 63.9 Å². The number of amides is 1. The summed E-state index contributed by atoms with van der Waals surface area (Å²) in [5.41, 5.74) is 0.911. The van der Waals surface area contributed by atoms with Crippen molar-refractivity contribution < 1.29 is 18.0 Å². The van der Waals surface area contributed by atoms with Crippen LogP contribution in [0.2, 0.25) is 0 Å². The van der Waals surface area contributed by atoms with E-state index < -0.39 is 11.7 Å². The summed E-state index contributed by atoms with van der Waals surface area (Å²) in [6.07, 6.45) is 1.61. The minimum Gasteiger partial charge on any atom is -0.292 e. The quantitative estimate of drug-likeness (QED) is 0.706. The third kappa shape index (κ3) is 2.81. The third-order valence-electron chi connectivity index (χ3n) is 4.10. The van der Waals surface area contributed by atoms with E-state index in [9.17, 15) is 18.0 Å². The summed E-state index contributed by atoms with van der Waals surface area (Å²) < 4.78 is 39.6. The van der Waals surface area contributed by atoms with E-state index in [-0.39, 0.29) is 11.7 Å². The van der Waals surface area contributed by atoms with Crippen LogP contribution in [0.4, 0.5) is 19.0 Å². The predicted octanol–water partition coefficient (Wildman–Crippen LogP) is 2.88. The van der Waals surface area contributed by atoms with Crippen molar-refractivity contribution in [2.24, 2.45) is 0 Å². The average molecular weight is 359 g/mol. The molecule has 4 rings (SSSR count). The van der Waals surface area contributed by atoms with Crippen molar-refractivity contribution in [3.63, 3.8) is 0 Å². The maximum atomic E-state index is 12.7. The number of anilines is 1. The van der Waals surface area contributed by atoms with Gasteiger partial charge in [-0.15, -0.1) is 0 Å². The summed E-state index contributed by atoms with van der Waals surface area (Å²) in [4.78, 5) is 21.9. The van der Waals surface area contributed by atoms with E-state index in [1.165, 1.54) is 11.0 Å². The Labute approximate surface area is 145 Å². The lowest BCUT2D eigenvalue weighted by Gasteiger charge is -2.25. The number of halogens is 3. The monoisotopic (exact) mass is 359 g/mol. The lowest BCUT2D eigenvalue weighted by Crippen LogP contribution is -2.37. The van der Waals surface area contributed by atoms with Gasteiger partial charge in [-0.05, 0) is 24.3 Å². The molecule has 0 aromatic carbocycles. The molecule has 0 saturated carbocycles. The largest absolute Gasteiger partial charge is 0.417 e. The summed E-state index contributed by atoms with van der Waals surface area (Å²) in [6, 6.07) is 5.70. The molecule has 1 amide bonds. The smallest absolute Gasteiger partial charge is 0.292 e. The van der Waals surface area contributed by atoms with Gasteiger partial charge in [0.25, 0.3) is 5.91 Å². The zero-order valence-corrected chi connectivity index (χ0v) is 13.3. The van der Waals surface area contributed by atoms with E-state index in [1.54, 1.807) is 29.3 Å². The van der Waals surface area contributed by atoms with Crippen LogP contribution in [0.25, 0.3) is 5.69 Å². The number of pyridine rings is 2. The second-order valence-electron chi connectivity index (χ2n) is 5.75. The Morgan fingerprint density at radius 2 is 1.96 bits per heavy atom. The lowest BCUT2D eigenvalue weighted by molar-refractivity contribution is -0.137. The van der Waals surface area contributed by atoms with Crippen molar-refractivity contribution in [1.29, 1.82) is 0 Å². The Morgan fingerprint density at radius 1 is 1.12 bits per heavy atom. The molecule has 132 valence electrons.